The smallest absolute Gasteiger partial charge is 0.465 e. The number of hydrogen-bond donors (Lipinski definition) is 1. The highest BCUT2D eigenvalue weighted by atomic mass is 35.5. The first kappa shape index (κ1) is 29.7. The molecule has 7 rings (SSSR count). The Labute approximate surface area is 257 Å². The number of anilines is 1. The van der Waals surface area contributed by atoms with Crippen molar-refractivity contribution in [3.63, 3.8) is 0 Å². The third-order valence-corrected chi connectivity index (χ3v) is 9.95. The van der Waals surface area contributed by atoms with E-state index in [0.29, 0.717) is 27.7 Å². The Kier molecular flexibility index (Phi) is 7.79. The molecule has 4 fully saturated rings. The number of esters is 1. The van der Waals surface area contributed by atoms with Gasteiger partial charge in [-0.25, -0.2) is 4.79 Å². The number of para-hydroxylation sites is 1. The van der Waals surface area contributed by atoms with Gasteiger partial charge in [-0.2, -0.15) is 0 Å². The first-order valence-corrected chi connectivity index (χ1v) is 15.0. The average molecular weight is 631 g/mol. The van der Waals surface area contributed by atoms with E-state index in [-0.39, 0.29) is 28.1 Å². The lowest BCUT2D eigenvalue weighted by atomic mass is 9.53. The molecule has 0 unspecified atom stereocenters. The standard InChI is InChI=1S/C32H30ClF3N2O4S/c1-40-28(39)20-8-9-24(23(33)18-20)37-29(43)31-15-12-30(13-16-31,14-17-31)11-10-22-26(38-42-27(22)19-6-7-19)21-4-2-3-5-25(21)41-32(34,35)36/h2-5,8-11,18-19H,6-7,12-17H2,1H3,(H,37,43). The normalized spacial score (nSPS) is 23.4. The summed E-state index contributed by atoms with van der Waals surface area (Å²) < 4.78 is 54.2. The molecule has 4 aliphatic rings. The predicted octanol–water partition coefficient (Wildman–Crippen LogP) is 9.35. The van der Waals surface area contributed by atoms with E-state index >= 15 is 0 Å². The summed E-state index contributed by atoms with van der Waals surface area (Å²) in [6.45, 7) is 0. The number of hydrogen-bond acceptors (Lipinski definition) is 6. The fraction of sp³-hybridized carbons (Fsp3) is 0.406. The number of allylic oxidation sites excluding steroid dienone is 1. The number of carbonyl (C=O) groups is 1. The van der Waals surface area contributed by atoms with Crippen molar-refractivity contribution in [3.8, 4) is 17.0 Å². The molecule has 0 saturated heterocycles. The Hall–Kier alpha value is -3.37. The van der Waals surface area contributed by atoms with E-state index in [9.17, 15) is 18.0 Å². The minimum absolute atomic E-state index is 0.0471. The van der Waals surface area contributed by atoms with Gasteiger partial charge in [0, 0.05) is 22.5 Å². The Morgan fingerprint density at radius 1 is 1.12 bits per heavy atom. The third-order valence-electron chi connectivity index (χ3n) is 9.10. The second-order valence-corrected chi connectivity index (χ2v) is 12.6. The minimum atomic E-state index is -4.82. The summed E-state index contributed by atoms with van der Waals surface area (Å²) in [7, 11) is 1.32. The maximum absolute atomic E-state index is 13.1. The van der Waals surface area contributed by atoms with Gasteiger partial charge in [0.25, 0.3) is 0 Å². The monoisotopic (exact) mass is 630 g/mol. The van der Waals surface area contributed by atoms with Crippen LogP contribution in [0.15, 0.2) is 53.1 Å². The number of methoxy groups -OCH3 is 1. The predicted molar refractivity (Wildman–Crippen MR) is 161 cm³/mol. The SMILES string of the molecule is COC(=O)c1ccc(NC(=S)C23CCC(C=Cc4c(-c5ccccc5OC(F)(F)F)noc4C4CC4)(CC2)CC3)c(Cl)c1. The number of carbonyl (C=O) groups excluding carboxylic acids is 1. The highest BCUT2D eigenvalue weighted by molar-refractivity contribution is 7.80. The van der Waals surface area contributed by atoms with Gasteiger partial charge in [0.1, 0.15) is 17.2 Å². The van der Waals surface area contributed by atoms with Crippen molar-refractivity contribution in [2.24, 2.45) is 10.8 Å². The van der Waals surface area contributed by atoms with Crippen molar-refractivity contribution in [2.75, 3.05) is 12.4 Å². The number of rotatable bonds is 8. The Bertz CT molecular complexity index is 1570. The zero-order chi connectivity index (χ0) is 30.4. The largest absolute Gasteiger partial charge is 0.573 e. The number of fused-ring (bicyclic) bond motifs is 3. The van der Waals surface area contributed by atoms with E-state index in [1.165, 1.54) is 19.2 Å². The number of benzene rings is 2. The zero-order valence-electron chi connectivity index (χ0n) is 23.4. The van der Waals surface area contributed by atoms with Crippen molar-refractivity contribution >= 4 is 46.5 Å². The highest BCUT2D eigenvalue weighted by Gasteiger charge is 2.49. The van der Waals surface area contributed by atoms with E-state index in [1.54, 1.807) is 30.3 Å². The maximum Gasteiger partial charge on any atom is 0.573 e. The molecule has 0 radical (unpaired) electrons. The molecule has 1 aromatic heterocycles. The Morgan fingerprint density at radius 2 is 1.81 bits per heavy atom. The number of halogens is 4. The number of ether oxygens (including phenoxy) is 2. The molecule has 6 nitrogen and oxygen atoms in total. The molecular formula is C32H30ClF3N2O4S. The molecule has 2 aromatic carbocycles. The highest BCUT2D eigenvalue weighted by Crippen LogP contribution is 2.59. The van der Waals surface area contributed by atoms with E-state index < -0.39 is 12.3 Å². The number of aromatic nitrogens is 1. The van der Waals surface area contributed by atoms with Gasteiger partial charge in [-0.3, -0.25) is 0 Å². The van der Waals surface area contributed by atoms with E-state index in [2.05, 4.69) is 21.3 Å². The lowest BCUT2D eigenvalue weighted by molar-refractivity contribution is -0.274. The first-order chi connectivity index (χ1) is 20.5. The van der Waals surface area contributed by atoms with Crippen LogP contribution in [0, 0.1) is 10.8 Å². The van der Waals surface area contributed by atoms with Crippen molar-refractivity contribution in [1.29, 1.82) is 0 Å². The van der Waals surface area contributed by atoms with Gasteiger partial charge >= 0.3 is 12.3 Å². The van der Waals surface area contributed by atoms with E-state index in [4.69, 9.17) is 33.1 Å². The van der Waals surface area contributed by atoms with E-state index in [0.717, 1.165) is 61.9 Å². The van der Waals surface area contributed by atoms with Crippen molar-refractivity contribution in [3.05, 3.63) is 70.5 Å². The second kappa shape index (κ2) is 11.3. The number of thiocarbonyl (C=S) groups is 1. The number of nitrogens with one attached hydrogen (secondary N) is 1. The summed E-state index contributed by atoms with van der Waals surface area (Å²) >= 11 is 12.4. The summed E-state index contributed by atoms with van der Waals surface area (Å²) in [5.41, 5.74) is 2.15. The minimum Gasteiger partial charge on any atom is -0.465 e. The summed E-state index contributed by atoms with van der Waals surface area (Å²) in [6, 6.07) is 11.0. The maximum atomic E-state index is 13.1. The van der Waals surface area contributed by atoms with Crippen LogP contribution in [0.5, 0.6) is 5.75 Å². The van der Waals surface area contributed by atoms with Crippen LogP contribution in [0.4, 0.5) is 18.9 Å². The van der Waals surface area contributed by atoms with Gasteiger partial charge in [-0.15, -0.1) is 13.2 Å². The fourth-order valence-electron chi connectivity index (χ4n) is 6.36. The third kappa shape index (κ3) is 6.04. The summed E-state index contributed by atoms with van der Waals surface area (Å²) in [5.74, 6) is 0.168. The molecular weight excluding hydrogens is 601 g/mol. The van der Waals surface area contributed by atoms with Crippen LogP contribution in [-0.4, -0.2) is 29.6 Å². The van der Waals surface area contributed by atoms with Gasteiger partial charge in [-0.1, -0.05) is 53.3 Å². The fourth-order valence-corrected chi connectivity index (χ4v) is 7.01. The number of nitrogens with zero attached hydrogens (tertiary/aromatic N) is 1. The van der Waals surface area contributed by atoms with Crippen LogP contribution in [0.3, 0.4) is 0 Å². The molecule has 4 saturated carbocycles. The quantitative estimate of drug-likeness (QED) is 0.196. The van der Waals surface area contributed by atoms with Gasteiger partial charge in [-0.05, 0) is 87.1 Å². The molecule has 0 spiro atoms. The molecule has 11 heteroatoms. The summed E-state index contributed by atoms with van der Waals surface area (Å²) in [6.07, 6.45) is 6.78. The molecule has 1 heterocycles. The molecule has 226 valence electrons. The second-order valence-electron chi connectivity index (χ2n) is 11.7. The first-order valence-electron chi connectivity index (χ1n) is 14.2. The molecule has 43 heavy (non-hydrogen) atoms. The van der Waals surface area contributed by atoms with Crippen LogP contribution in [0.2, 0.25) is 5.02 Å². The molecule has 1 N–H and O–H groups in total. The molecule has 0 atom stereocenters. The number of alkyl halides is 3. The average Bonchev–Trinajstić information content (AvgIpc) is 3.76. The van der Waals surface area contributed by atoms with Gasteiger partial charge in [0.15, 0.2) is 0 Å². The van der Waals surface area contributed by atoms with Gasteiger partial charge in [0.05, 0.1) is 28.4 Å². The Morgan fingerprint density at radius 3 is 2.44 bits per heavy atom. The Balaban J connectivity index is 1.20. The van der Waals surface area contributed by atoms with Gasteiger partial charge in [0.2, 0.25) is 0 Å². The van der Waals surface area contributed by atoms with Gasteiger partial charge < -0.3 is 19.3 Å². The molecule has 2 bridgehead atoms. The summed E-state index contributed by atoms with van der Waals surface area (Å²) in [4.78, 5) is 12.6. The van der Waals surface area contributed by atoms with Crippen LogP contribution >= 0.6 is 23.8 Å². The molecule has 0 amide bonds. The van der Waals surface area contributed by atoms with Crippen LogP contribution < -0.4 is 10.1 Å². The lowest BCUT2D eigenvalue weighted by Crippen LogP contribution is -2.46. The van der Waals surface area contributed by atoms with Crippen molar-refractivity contribution < 1.29 is 32.0 Å². The topological polar surface area (TPSA) is 73.6 Å². The summed E-state index contributed by atoms with van der Waals surface area (Å²) in [5, 5.41) is 7.96. The van der Waals surface area contributed by atoms with Crippen LogP contribution in [0.1, 0.15) is 79.0 Å². The lowest BCUT2D eigenvalue weighted by Gasteiger charge is -2.52. The van der Waals surface area contributed by atoms with Crippen molar-refractivity contribution in [2.45, 2.75) is 63.6 Å². The van der Waals surface area contributed by atoms with Crippen LogP contribution in [0.25, 0.3) is 17.3 Å². The van der Waals surface area contributed by atoms with E-state index in [1.807, 2.05) is 6.08 Å². The zero-order valence-corrected chi connectivity index (χ0v) is 25.0. The molecule has 4 aliphatic carbocycles. The molecule has 0 aliphatic heterocycles. The van der Waals surface area contributed by atoms with Crippen molar-refractivity contribution in [1.82, 2.24) is 5.16 Å². The van der Waals surface area contributed by atoms with Crippen LogP contribution in [-0.2, 0) is 4.74 Å². The molecule has 3 aromatic rings.